The second-order valence-electron chi connectivity index (χ2n) is 8.62. The molecular weight excluding hydrogens is 434 g/mol. The predicted molar refractivity (Wildman–Crippen MR) is 136 cm³/mol. The third-order valence-corrected chi connectivity index (χ3v) is 6.66. The molecule has 0 aliphatic heterocycles. The van der Waals surface area contributed by atoms with Gasteiger partial charge >= 0.3 is 0 Å². The number of imidazole rings is 1. The first-order chi connectivity index (χ1) is 17.3. The van der Waals surface area contributed by atoms with Crippen LogP contribution in [0.3, 0.4) is 0 Å². The molecule has 0 saturated carbocycles. The summed E-state index contributed by atoms with van der Waals surface area (Å²) in [6.07, 6.45) is 5.21. The summed E-state index contributed by atoms with van der Waals surface area (Å²) < 4.78 is 0. The molecule has 0 bridgehead atoms. The molecule has 6 nitrogen and oxygen atoms in total. The number of fused-ring (bicyclic) bond motifs is 5. The van der Waals surface area contributed by atoms with Gasteiger partial charge in [-0.05, 0) is 40.5 Å². The summed E-state index contributed by atoms with van der Waals surface area (Å²) in [5.41, 5.74) is 8.47. The molecule has 1 atom stereocenters. The number of amides is 1. The number of para-hydroxylation sites is 1. The molecule has 1 aliphatic rings. The van der Waals surface area contributed by atoms with Gasteiger partial charge in [-0.2, -0.15) is 0 Å². The van der Waals surface area contributed by atoms with Crippen molar-refractivity contribution in [1.82, 2.24) is 25.3 Å². The van der Waals surface area contributed by atoms with Gasteiger partial charge in [0.2, 0.25) is 0 Å². The summed E-state index contributed by atoms with van der Waals surface area (Å²) in [5, 5.41) is 4.13. The van der Waals surface area contributed by atoms with E-state index in [1.165, 1.54) is 0 Å². The van der Waals surface area contributed by atoms with Crippen LogP contribution < -0.4 is 5.32 Å². The van der Waals surface area contributed by atoms with Gasteiger partial charge < -0.3 is 10.3 Å². The summed E-state index contributed by atoms with van der Waals surface area (Å²) in [6.45, 7) is 0. The number of nitrogens with one attached hydrogen (secondary N) is 2. The lowest BCUT2D eigenvalue weighted by molar-refractivity contribution is 0.0945. The van der Waals surface area contributed by atoms with E-state index in [1.54, 1.807) is 24.7 Å². The van der Waals surface area contributed by atoms with E-state index in [1.807, 2.05) is 48.5 Å². The minimum absolute atomic E-state index is 0.128. The molecule has 6 aromatic rings. The second kappa shape index (κ2) is 7.60. The zero-order chi connectivity index (χ0) is 23.4. The third-order valence-electron chi connectivity index (χ3n) is 6.66. The maximum absolute atomic E-state index is 13.5. The predicted octanol–water partition coefficient (Wildman–Crippen LogP) is 5.67. The number of hydrogen-bond acceptors (Lipinski definition) is 4. The van der Waals surface area contributed by atoms with Crippen molar-refractivity contribution >= 4 is 27.8 Å². The molecule has 0 saturated heterocycles. The van der Waals surface area contributed by atoms with Gasteiger partial charge in [-0.3, -0.25) is 14.8 Å². The Morgan fingerprint density at radius 2 is 1.63 bits per heavy atom. The average molecular weight is 454 g/mol. The fourth-order valence-electron chi connectivity index (χ4n) is 5.10. The Kier molecular flexibility index (Phi) is 4.26. The van der Waals surface area contributed by atoms with E-state index in [-0.39, 0.29) is 11.9 Å². The van der Waals surface area contributed by atoms with Crippen LogP contribution in [0.2, 0.25) is 0 Å². The lowest BCUT2D eigenvalue weighted by Gasteiger charge is -2.17. The minimum atomic E-state index is -0.272. The van der Waals surface area contributed by atoms with Crippen molar-refractivity contribution in [3.05, 3.63) is 114 Å². The first-order valence-corrected chi connectivity index (χ1v) is 11.4. The molecule has 1 aliphatic carbocycles. The number of hydrogen-bond donors (Lipinski definition) is 2. The molecule has 35 heavy (non-hydrogen) atoms. The standard InChI is InChI=1S/C29H19N5O/c35-29(20-12-15-31-23-11-4-3-6-17(20)23)34-27-19-8-2-1-7-18(19)26-21(27)9-5-10-22(26)28-32-24-13-14-30-16-25(24)33-28/h1-16,27H,(H,32,33)(H,34,35). The Balaban J connectivity index is 1.36. The van der Waals surface area contributed by atoms with Gasteiger partial charge in [0.15, 0.2) is 0 Å². The summed E-state index contributed by atoms with van der Waals surface area (Å²) >= 11 is 0. The normalized spacial score (nSPS) is 14.1. The molecule has 3 aromatic heterocycles. The van der Waals surface area contributed by atoms with E-state index < -0.39 is 0 Å². The molecule has 166 valence electrons. The van der Waals surface area contributed by atoms with Crippen LogP contribution in [0.1, 0.15) is 27.5 Å². The van der Waals surface area contributed by atoms with Gasteiger partial charge in [-0.15, -0.1) is 0 Å². The molecular formula is C29H19N5O. The van der Waals surface area contributed by atoms with E-state index in [4.69, 9.17) is 4.98 Å². The summed E-state index contributed by atoms with van der Waals surface area (Å²) in [4.78, 5) is 30.4. The van der Waals surface area contributed by atoms with Crippen molar-refractivity contribution < 1.29 is 4.79 Å². The number of nitrogens with zero attached hydrogens (tertiary/aromatic N) is 3. The van der Waals surface area contributed by atoms with Crippen LogP contribution in [0, 0.1) is 0 Å². The first kappa shape index (κ1) is 19.6. The largest absolute Gasteiger partial charge is 0.341 e. The van der Waals surface area contributed by atoms with Gasteiger partial charge in [-0.25, -0.2) is 4.98 Å². The van der Waals surface area contributed by atoms with Gasteiger partial charge in [-0.1, -0.05) is 60.7 Å². The highest BCUT2D eigenvalue weighted by Crippen LogP contribution is 2.47. The highest BCUT2D eigenvalue weighted by Gasteiger charge is 2.32. The lowest BCUT2D eigenvalue weighted by Crippen LogP contribution is -2.28. The van der Waals surface area contributed by atoms with E-state index >= 15 is 0 Å². The summed E-state index contributed by atoms with van der Waals surface area (Å²) in [5.74, 6) is 0.656. The van der Waals surface area contributed by atoms with Crippen LogP contribution in [-0.4, -0.2) is 25.8 Å². The number of pyridine rings is 2. The first-order valence-electron chi connectivity index (χ1n) is 11.4. The van der Waals surface area contributed by atoms with Crippen LogP contribution in [0.25, 0.3) is 44.5 Å². The fraction of sp³-hybridized carbons (Fsp3) is 0.0345. The topological polar surface area (TPSA) is 83.6 Å². The maximum Gasteiger partial charge on any atom is 0.252 e. The molecule has 1 unspecified atom stereocenters. The zero-order valence-corrected chi connectivity index (χ0v) is 18.6. The monoisotopic (exact) mass is 453 g/mol. The van der Waals surface area contributed by atoms with Gasteiger partial charge in [0.25, 0.3) is 5.91 Å². The summed E-state index contributed by atoms with van der Waals surface area (Å²) in [6, 6.07) is 25.5. The molecule has 0 radical (unpaired) electrons. The van der Waals surface area contributed by atoms with Crippen molar-refractivity contribution in [3.63, 3.8) is 0 Å². The van der Waals surface area contributed by atoms with E-state index in [2.05, 4.69) is 44.5 Å². The Labute approximate surface area is 200 Å². The Morgan fingerprint density at radius 1 is 0.800 bits per heavy atom. The van der Waals surface area contributed by atoms with Gasteiger partial charge in [0.1, 0.15) is 5.82 Å². The highest BCUT2D eigenvalue weighted by molar-refractivity contribution is 6.06. The van der Waals surface area contributed by atoms with Gasteiger partial charge in [0.05, 0.1) is 34.4 Å². The quantitative estimate of drug-likeness (QED) is 0.361. The average Bonchev–Trinajstić information content (AvgIpc) is 3.48. The number of aromatic amines is 1. The smallest absolute Gasteiger partial charge is 0.252 e. The van der Waals surface area contributed by atoms with Crippen LogP contribution in [0.15, 0.2) is 97.5 Å². The Bertz CT molecular complexity index is 1730. The highest BCUT2D eigenvalue weighted by atomic mass is 16.1. The number of aromatic nitrogens is 4. The number of rotatable bonds is 3. The fourth-order valence-corrected chi connectivity index (χ4v) is 5.10. The van der Waals surface area contributed by atoms with Crippen molar-refractivity contribution in [2.75, 3.05) is 0 Å². The van der Waals surface area contributed by atoms with E-state index in [0.29, 0.717) is 5.56 Å². The Hall–Kier alpha value is -4.84. The minimum Gasteiger partial charge on any atom is -0.341 e. The molecule has 7 rings (SSSR count). The number of carbonyl (C=O) groups is 1. The molecule has 3 heterocycles. The number of H-pyrrole nitrogens is 1. The van der Waals surface area contributed by atoms with Crippen molar-refractivity contribution in [1.29, 1.82) is 0 Å². The SMILES string of the molecule is O=C(NC1c2ccccc2-c2c(-c3nc4ccncc4[nH]3)cccc21)c1ccnc2ccccc12. The van der Waals surface area contributed by atoms with Gasteiger partial charge in [0, 0.05) is 23.3 Å². The molecule has 1 amide bonds. The number of benzene rings is 3. The van der Waals surface area contributed by atoms with Crippen LogP contribution in [0.5, 0.6) is 0 Å². The third kappa shape index (κ3) is 3.04. The molecule has 3 aromatic carbocycles. The van der Waals surface area contributed by atoms with E-state index in [0.717, 1.165) is 55.6 Å². The van der Waals surface area contributed by atoms with Crippen LogP contribution in [-0.2, 0) is 0 Å². The van der Waals surface area contributed by atoms with Crippen molar-refractivity contribution in [3.8, 4) is 22.5 Å². The van der Waals surface area contributed by atoms with Crippen LogP contribution >= 0.6 is 0 Å². The zero-order valence-electron chi connectivity index (χ0n) is 18.6. The molecule has 2 N–H and O–H groups in total. The van der Waals surface area contributed by atoms with Crippen molar-refractivity contribution in [2.45, 2.75) is 6.04 Å². The Morgan fingerprint density at radius 3 is 2.57 bits per heavy atom. The lowest BCUT2D eigenvalue weighted by atomic mass is 9.98. The summed E-state index contributed by atoms with van der Waals surface area (Å²) in [7, 11) is 0. The molecule has 0 spiro atoms. The van der Waals surface area contributed by atoms with Crippen LogP contribution in [0.4, 0.5) is 0 Å². The van der Waals surface area contributed by atoms with E-state index in [9.17, 15) is 4.79 Å². The maximum atomic E-state index is 13.5. The second-order valence-corrected chi connectivity index (χ2v) is 8.62. The molecule has 0 fully saturated rings. The van der Waals surface area contributed by atoms with Crippen molar-refractivity contribution in [2.24, 2.45) is 0 Å². The number of carbonyl (C=O) groups excluding carboxylic acids is 1. The molecule has 6 heteroatoms.